The summed E-state index contributed by atoms with van der Waals surface area (Å²) in [5.74, 6) is -0.991. The van der Waals surface area contributed by atoms with Gasteiger partial charge in [-0.2, -0.15) is 0 Å². The fourth-order valence-electron chi connectivity index (χ4n) is 5.59. The van der Waals surface area contributed by atoms with Crippen LogP contribution < -0.4 is 5.32 Å². The van der Waals surface area contributed by atoms with E-state index in [1.807, 2.05) is 25.1 Å². The van der Waals surface area contributed by atoms with Gasteiger partial charge < -0.3 is 15.0 Å². The minimum atomic E-state index is -1.30. The van der Waals surface area contributed by atoms with Crippen molar-refractivity contribution in [3.8, 4) is 0 Å². The van der Waals surface area contributed by atoms with Gasteiger partial charge in [-0.3, -0.25) is 9.59 Å². The smallest absolute Gasteiger partial charge is 0.315 e. The number of carbonyl (C=O) groups is 2. The number of esters is 1. The van der Waals surface area contributed by atoms with Crippen LogP contribution in [0.5, 0.6) is 0 Å². The highest BCUT2D eigenvalue weighted by molar-refractivity contribution is 6.23. The SMILES string of the molecule is BC(NC)C(=O)OC1(CC)C(=O)CCC2=C1C=C1c3nc4ccccc4c(CC)c3CN1C2=C. The molecule has 174 valence electrons. The lowest BCUT2D eigenvalue weighted by atomic mass is 9.73. The summed E-state index contributed by atoms with van der Waals surface area (Å²) in [7, 11) is 3.44. The van der Waals surface area contributed by atoms with Crippen molar-refractivity contribution in [1.82, 2.24) is 15.2 Å². The van der Waals surface area contributed by atoms with Crippen LogP contribution in [0, 0.1) is 0 Å². The number of carbonyl (C=O) groups excluding carboxylic acids is 2. The average Bonchev–Trinajstić information content (AvgIpc) is 3.22. The summed E-state index contributed by atoms with van der Waals surface area (Å²) in [6.45, 7) is 9.23. The molecule has 3 heterocycles. The number of nitrogens with zero attached hydrogens (tertiary/aromatic N) is 2. The van der Waals surface area contributed by atoms with Gasteiger partial charge in [-0.15, -0.1) is 0 Å². The molecular formula is C27H30BN3O3. The molecule has 0 bridgehead atoms. The summed E-state index contributed by atoms with van der Waals surface area (Å²) in [6, 6.07) is 8.24. The molecule has 0 saturated carbocycles. The summed E-state index contributed by atoms with van der Waals surface area (Å²) in [4.78, 5) is 33.4. The number of ether oxygens (including phenoxy) is 1. The first-order valence-electron chi connectivity index (χ1n) is 12.1. The van der Waals surface area contributed by atoms with Gasteiger partial charge in [0, 0.05) is 28.6 Å². The van der Waals surface area contributed by atoms with E-state index in [0.29, 0.717) is 25.8 Å². The van der Waals surface area contributed by atoms with Crippen LogP contribution in [-0.4, -0.2) is 48.1 Å². The average molecular weight is 455 g/mol. The van der Waals surface area contributed by atoms with Crippen molar-refractivity contribution in [2.75, 3.05) is 7.05 Å². The van der Waals surface area contributed by atoms with Crippen LogP contribution in [0.4, 0.5) is 0 Å². The summed E-state index contributed by atoms with van der Waals surface area (Å²) in [5, 5.41) is 4.10. The van der Waals surface area contributed by atoms with Gasteiger partial charge in [0.05, 0.1) is 29.4 Å². The maximum atomic E-state index is 13.3. The molecule has 2 atom stereocenters. The number of Topliss-reactive ketones (excluding diaryl/α,β-unsaturated/α-hetero) is 1. The predicted octanol–water partition coefficient (Wildman–Crippen LogP) is 3.01. The Hall–Kier alpha value is -3.19. The molecule has 3 aliphatic rings. The Labute approximate surface area is 201 Å². The highest BCUT2D eigenvalue weighted by Gasteiger charge is 2.50. The quantitative estimate of drug-likeness (QED) is 0.552. The zero-order valence-electron chi connectivity index (χ0n) is 20.3. The minimum absolute atomic E-state index is 0.0533. The Morgan fingerprint density at radius 2 is 2.09 bits per heavy atom. The molecule has 2 aromatic rings. The fraction of sp³-hybridized carbons (Fsp3) is 0.370. The largest absolute Gasteiger partial charge is 0.445 e. The van der Waals surface area contributed by atoms with Gasteiger partial charge in [0.25, 0.3) is 0 Å². The molecule has 0 fully saturated rings. The monoisotopic (exact) mass is 455 g/mol. The molecule has 1 N–H and O–H groups in total. The number of allylic oxidation sites excluding steroid dienone is 1. The van der Waals surface area contributed by atoms with Crippen molar-refractivity contribution in [3.05, 3.63) is 70.6 Å². The molecule has 1 aromatic carbocycles. The van der Waals surface area contributed by atoms with E-state index in [2.05, 4.69) is 35.9 Å². The van der Waals surface area contributed by atoms with E-state index in [-0.39, 0.29) is 5.78 Å². The maximum absolute atomic E-state index is 13.3. The second-order valence-electron chi connectivity index (χ2n) is 9.28. The molecular weight excluding hydrogens is 425 g/mol. The van der Waals surface area contributed by atoms with Crippen LogP contribution in [0.15, 0.2) is 53.8 Å². The van der Waals surface area contributed by atoms with Gasteiger partial charge in [0.2, 0.25) is 0 Å². The standard InChI is InChI=1S/C27H30BN3O3/c1-5-16-18-9-7-8-10-21(18)30-24-19(16)14-31-15(3)17-11-12-23(32)27(6-2,20(17)13-22(24)31)34-26(33)25(28)29-4/h7-10,13,25,29H,3,5-6,11-12,14,28H2,1-2,4H3. The van der Waals surface area contributed by atoms with Crippen LogP contribution in [0.1, 0.15) is 49.9 Å². The molecule has 2 aliphatic heterocycles. The number of likely N-dealkylation sites (N-methyl/N-ethyl adjacent to an activating group) is 1. The van der Waals surface area contributed by atoms with E-state index in [0.717, 1.165) is 40.2 Å². The number of hydrogen-bond donors (Lipinski definition) is 1. The highest BCUT2D eigenvalue weighted by Crippen LogP contribution is 2.50. The molecule has 0 radical (unpaired) electrons. The molecule has 34 heavy (non-hydrogen) atoms. The van der Waals surface area contributed by atoms with Gasteiger partial charge >= 0.3 is 5.97 Å². The van der Waals surface area contributed by atoms with E-state index < -0.39 is 17.5 Å². The number of benzene rings is 1. The molecule has 7 heteroatoms. The van der Waals surface area contributed by atoms with Crippen LogP contribution in [0.3, 0.4) is 0 Å². The number of pyridine rings is 1. The number of fused-ring (bicyclic) bond motifs is 4. The van der Waals surface area contributed by atoms with E-state index in [1.54, 1.807) is 14.9 Å². The van der Waals surface area contributed by atoms with Gasteiger partial charge in [0.1, 0.15) is 7.85 Å². The lowest BCUT2D eigenvalue weighted by Gasteiger charge is -2.42. The number of hydrogen-bond acceptors (Lipinski definition) is 6. The Kier molecular flexibility index (Phi) is 5.48. The molecule has 5 rings (SSSR count). The number of para-hydroxylation sites is 1. The van der Waals surface area contributed by atoms with Crippen molar-refractivity contribution < 1.29 is 14.3 Å². The van der Waals surface area contributed by atoms with Gasteiger partial charge in [0.15, 0.2) is 11.4 Å². The third-order valence-corrected chi connectivity index (χ3v) is 7.64. The first-order chi connectivity index (χ1) is 16.4. The van der Waals surface area contributed by atoms with E-state index >= 15 is 0 Å². The third kappa shape index (κ3) is 3.10. The number of rotatable bonds is 5. The molecule has 0 amide bonds. The van der Waals surface area contributed by atoms with Crippen LogP contribution in [0.2, 0.25) is 0 Å². The van der Waals surface area contributed by atoms with Crippen molar-refractivity contribution >= 4 is 36.2 Å². The summed E-state index contributed by atoms with van der Waals surface area (Å²) >= 11 is 0. The first kappa shape index (κ1) is 22.6. The second-order valence-corrected chi connectivity index (χ2v) is 9.28. The Balaban J connectivity index is 1.70. The Morgan fingerprint density at radius 1 is 1.32 bits per heavy atom. The maximum Gasteiger partial charge on any atom is 0.315 e. The second kappa shape index (κ2) is 8.24. The van der Waals surface area contributed by atoms with Crippen LogP contribution in [-0.2, 0) is 27.3 Å². The van der Waals surface area contributed by atoms with Crippen molar-refractivity contribution in [3.63, 3.8) is 0 Å². The van der Waals surface area contributed by atoms with Crippen LogP contribution in [0.25, 0.3) is 16.6 Å². The lowest BCUT2D eigenvalue weighted by molar-refractivity contribution is -0.164. The number of ketones is 1. The molecule has 0 saturated heterocycles. The summed E-state index contributed by atoms with van der Waals surface area (Å²) < 4.78 is 6.03. The van der Waals surface area contributed by atoms with Crippen LogP contribution >= 0.6 is 0 Å². The number of aromatic nitrogens is 1. The Morgan fingerprint density at radius 3 is 2.79 bits per heavy atom. The molecule has 0 spiro atoms. The summed E-state index contributed by atoms with van der Waals surface area (Å²) in [6.07, 6.45) is 4.25. The summed E-state index contributed by atoms with van der Waals surface area (Å²) in [5.41, 5.74) is 6.68. The fourth-order valence-corrected chi connectivity index (χ4v) is 5.59. The molecule has 1 aromatic heterocycles. The predicted molar refractivity (Wildman–Crippen MR) is 136 cm³/mol. The van der Waals surface area contributed by atoms with Crippen molar-refractivity contribution in [2.24, 2.45) is 0 Å². The number of aryl methyl sites for hydroxylation is 1. The Bertz CT molecular complexity index is 1310. The van der Waals surface area contributed by atoms with Gasteiger partial charge in [-0.25, -0.2) is 4.98 Å². The normalized spacial score (nSPS) is 22.3. The highest BCUT2D eigenvalue weighted by atomic mass is 16.6. The first-order valence-corrected chi connectivity index (χ1v) is 12.1. The topological polar surface area (TPSA) is 71.5 Å². The van der Waals surface area contributed by atoms with Gasteiger partial charge in [-0.1, -0.05) is 38.6 Å². The van der Waals surface area contributed by atoms with E-state index in [4.69, 9.17) is 9.72 Å². The zero-order chi connectivity index (χ0) is 24.2. The van der Waals surface area contributed by atoms with E-state index in [9.17, 15) is 9.59 Å². The molecule has 2 unspecified atom stereocenters. The zero-order valence-corrected chi connectivity index (χ0v) is 20.3. The van der Waals surface area contributed by atoms with Gasteiger partial charge in [-0.05, 0) is 49.6 Å². The van der Waals surface area contributed by atoms with E-state index in [1.165, 1.54) is 16.5 Å². The molecule has 1 aliphatic carbocycles. The van der Waals surface area contributed by atoms with Crippen molar-refractivity contribution in [1.29, 1.82) is 0 Å². The lowest BCUT2D eigenvalue weighted by Crippen LogP contribution is -2.51. The minimum Gasteiger partial charge on any atom is -0.445 e. The number of nitrogens with one attached hydrogen (secondary N) is 1. The third-order valence-electron chi connectivity index (χ3n) is 7.64. The van der Waals surface area contributed by atoms with Crippen molar-refractivity contribution in [2.45, 2.75) is 57.6 Å². The molecule has 6 nitrogen and oxygen atoms in total.